The lowest BCUT2D eigenvalue weighted by atomic mass is 9.89. The summed E-state index contributed by atoms with van der Waals surface area (Å²) >= 11 is 0. The smallest absolute Gasteiger partial charge is 0.405 e. The van der Waals surface area contributed by atoms with E-state index in [0.29, 0.717) is 18.7 Å². The van der Waals surface area contributed by atoms with E-state index in [1.807, 2.05) is 20.8 Å². The van der Waals surface area contributed by atoms with Gasteiger partial charge < -0.3 is 4.74 Å². The van der Waals surface area contributed by atoms with Crippen LogP contribution in [0.25, 0.3) is 0 Å². The Bertz CT molecular complexity index is 572. The molecule has 6 heteroatoms. The van der Waals surface area contributed by atoms with Gasteiger partial charge in [-0.25, -0.2) is 0 Å². The molecule has 1 aromatic carbocycles. The van der Waals surface area contributed by atoms with Gasteiger partial charge in [0.1, 0.15) is 5.75 Å². The average Bonchev–Trinajstić information content (AvgIpc) is 2.81. The number of nitriles is 1. The molecule has 1 aliphatic rings. The van der Waals surface area contributed by atoms with E-state index in [4.69, 9.17) is 0 Å². The molecule has 2 atom stereocenters. The number of benzene rings is 1. The number of rotatable bonds is 2. The van der Waals surface area contributed by atoms with E-state index in [2.05, 4.69) is 15.7 Å². The number of ether oxygens (including phenoxy) is 1. The van der Waals surface area contributed by atoms with Crippen LogP contribution in [0.5, 0.6) is 5.75 Å². The lowest BCUT2D eigenvalue weighted by molar-refractivity contribution is -0.275. The number of alkyl halides is 3. The predicted octanol–water partition coefficient (Wildman–Crippen LogP) is 3.92. The summed E-state index contributed by atoms with van der Waals surface area (Å²) in [6, 6.07) is 8.32. The zero-order valence-corrected chi connectivity index (χ0v) is 12.8. The molecular formula is C16H19F3N2O. The van der Waals surface area contributed by atoms with Crippen LogP contribution in [-0.2, 0) is 0 Å². The summed E-state index contributed by atoms with van der Waals surface area (Å²) in [6.07, 6.45) is -4.74. The number of para-hydroxylation sites is 1. The fraction of sp³-hybridized carbons (Fsp3) is 0.562. The Kier molecular flexibility index (Phi) is 4.39. The Morgan fingerprint density at radius 1 is 1.18 bits per heavy atom. The molecule has 0 bridgehead atoms. The Morgan fingerprint density at radius 3 is 2.36 bits per heavy atom. The van der Waals surface area contributed by atoms with Crippen LogP contribution >= 0.6 is 0 Å². The number of hydrogen-bond donors (Lipinski definition) is 0. The Balaban J connectivity index is 2.33. The third-order valence-corrected chi connectivity index (χ3v) is 3.98. The third kappa shape index (κ3) is 3.72. The fourth-order valence-corrected chi connectivity index (χ4v) is 2.80. The molecule has 0 N–H and O–H groups in total. The summed E-state index contributed by atoms with van der Waals surface area (Å²) in [7, 11) is 0. The van der Waals surface area contributed by atoms with E-state index >= 15 is 0 Å². The van der Waals surface area contributed by atoms with Crippen LogP contribution in [-0.4, -0.2) is 29.9 Å². The number of hydrogen-bond acceptors (Lipinski definition) is 3. The fourth-order valence-electron chi connectivity index (χ4n) is 2.80. The largest absolute Gasteiger partial charge is 0.573 e. The van der Waals surface area contributed by atoms with Crippen molar-refractivity contribution in [2.75, 3.05) is 13.1 Å². The first kappa shape index (κ1) is 16.6. The number of nitrogens with zero attached hydrogens (tertiary/aromatic N) is 2. The average molecular weight is 312 g/mol. The Morgan fingerprint density at radius 2 is 1.82 bits per heavy atom. The van der Waals surface area contributed by atoms with Crippen LogP contribution in [0.4, 0.5) is 13.2 Å². The minimum atomic E-state index is -4.74. The summed E-state index contributed by atoms with van der Waals surface area (Å²) in [5.41, 5.74) is 0.307. The molecule has 3 nitrogen and oxygen atoms in total. The monoisotopic (exact) mass is 312 g/mol. The predicted molar refractivity (Wildman–Crippen MR) is 76.3 cm³/mol. The minimum Gasteiger partial charge on any atom is -0.405 e. The summed E-state index contributed by atoms with van der Waals surface area (Å²) in [5, 5.41) is 9.37. The van der Waals surface area contributed by atoms with Crippen LogP contribution in [0.15, 0.2) is 24.3 Å². The zero-order valence-electron chi connectivity index (χ0n) is 12.8. The lowest BCUT2D eigenvalue weighted by Crippen LogP contribution is -2.39. The lowest BCUT2D eigenvalue weighted by Gasteiger charge is -2.31. The van der Waals surface area contributed by atoms with Crippen molar-refractivity contribution in [1.29, 1.82) is 5.26 Å². The summed E-state index contributed by atoms with van der Waals surface area (Å²) < 4.78 is 41.8. The van der Waals surface area contributed by atoms with Gasteiger partial charge in [0.2, 0.25) is 0 Å². The molecule has 1 saturated heterocycles. The minimum absolute atomic E-state index is 0.135. The van der Waals surface area contributed by atoms with Gasteiger partial charge in [-0.1, -0.05) is 18.2 Å². The van der Waals surface area contributed by atoms with Crippen molar-refractivity contribution in [2.24, 2.45) is 5.92 Å². The van der Waals surface area contributed by atoms with Crippen molar-refractivity contribution in [3.63, 3.8) is 0 Å². The topological polar surface area (TPSA) is 36.3 Å². The maximum absolute atomic E-state index is 12.6. The molecule has 1 fully saturated rings. The van der Waals surface area contributed by atoms with Gasteiger partial charge in [0.15, 0.2) is 0 Å². The Hall–Kier alpha value is -1.74. The van der Waals surface area contributed by atoms with Gasteiger partial charge in [-0.3, -0.25) is 4.90 Å². The second-order valence-corrected chi connectivity index (χ2v) is 6.50. The molecule has 22 heavy (non-hydrogen) atoms. The number of likely N-dealkylation sites (tertiary alicyclic amines) is 1. The van der Waals surface area contributed by atoms with E-state index in [1.165, 1.54) is 12.1 Å². The molecule has 0 unspecified atom stereocenters. The van der Waals surface area contributed by atoms with Crippen molar-refractivity contribution in [1.82, 2.24) is 4.90 Å². The normalized spacial score (nSPS) is 23.3. The van der Waals surface area contributed by atoms with E-state index in [9.17, 15) is 18.4 Å². The molecule has 0 spiro atoms. The highest BCUT2D eigenvalue weighted by molar-refractivity contribution is 5.39. The molecule has 0 aromatic heterocycles. The molecule has 120 valence electrons. The Labute approximate surface area is 128 Å². The SMILES string of the molecule is CC(C)(C)N1C[C@@H](C#N)[C@H](c2ccccc2OC(F)(F)F)C1. The first-order valence-corrected chi connectivity index (χ1v) is 7.11. The molecule has 1 aromatic rings. The number of halogens is 3. The molecule has 0 saturated carbocycles. The van der Waals surface area contributed by atoms with Crippen LogP contribution in [0.2, 0.25) is 0 Å². The maximum Gasteiger partial charge on any atom is 0.573 e. The van der Waals surface area contributed by atoms with Crippen LogP contribution in [0.3, 0.4) is 0 Å². The zero-order chi connectivity index (χ0) is 16.5. The molecule has 1 heterocycles. The van der Waals surface area contributed by atoms with Gasteiger partial charge in [0.25, 0.3) is 0 Å². The van der Waals surface area contributed by atoms with Gasteiger partial charge in [-0.2, -0.15) is 5.26 Å². The molecule has 0 amide bonds. The van der Waals surface area contributed by atoms with Crippen molar-refractivity contribution in [3.05, 3.63) is 29.8 Å². The van der Waals surface area contributed by atoms with Gasteiger partial charge >= 0.3 is 6.36 Å². The van der Waals surface area contributed by atoms with Gasteiger partial charge in [-0.15, -0.1) is 13.2 Å². The van der Waals surface area contributed by atoms with E-state index in [0.717, 1.165) is 0 Å². The third-order valence-electron chi connectivity index (χ3n) is 3.98. The first-order valence-electron chi connectivity index (χ1n) is 7.11. The van der Waals surface area contributed by atoms with E-state index in [1.54, 1.807) is 12.1 Å². The van der Waals surface area contributed by atoms with Crippen molar-refractivity contribution >= 4 is 0 Å². The first-order chi connectivity index (χ1) is 10.1. The van der Waals surface area contributed by atoms with Crippen molar-refractivity contribution in [3.8, 4) is 11.8 Å². The highest BCUT2D eigenvalue weighted by Crippen LogP contribution is 2.40. The maximum atomic E-state index is 12.6. The van der Waals surface area contributed by atoms with Crippen molar-refractivity contribution < 1.29 is 17.9 Å². The van der Waals surface area contributed by atoms with Gasteiger partial charge in [0, 0.05) is 30.1 Å². The van der Waals surface area contributed by atoms with E-state index < -0.39 is 6.36 Å². The second-order valence-electron chi connectivity index (χ2n) is 6.50. The molecule has 1 aliphatic heterocycles. The molecule has 0 aliphatic carbocycles. The summed E-state index contributed by atoms with van der Waals surface area (Å²) in [6.45, 7) is 7.18. The summed E-state index contributed by atoms with van der Waals surface area (Å²) in [4.78, 5) is 2.12. The molecule has 2 rings (SSSR count). The van der Waals surface area contributed by atoms with Gasteiger partial charge in [-0.05, 0) is 26.8 Å². The van der Waals surface area contributed by atoms with Crippen LogP contribution in [0, 0.1) is 17.2 Å². The summed E-state index contributed by atoms with van der Waals surface area (Å²) in [5.74, 6) is -0.851. The second kappa shape index (κ2) is 5.81. The highest BCUT2D eigenvalue weighted by Gasteiger charge is 2.41. The quantitative estimate of drug-likeness (QED) is 0.830. The van der Waals surface area contributed by atoms with Crippen molar-refractivity contribution in [2.45, 2.75) is 38.6 Å². The standard InChI is InChI=1S/C16H19F3N2O/c1-15(2,3)21-9-11(8-20)13(10-21)12-6-4-5-7-14(12)22-16(17,18)19/h4-7,11,13H,9-10H2,1-3H3/t11-,13-/m1/s1. The van der Waals surface area contributed by atoms with Gasteiger partial charge in [0.05, 0.1) is 12.0 Å². The van der Waals surface area contributed by atoms with Crippen LogP contribution in [0.1, 0.15) is 32.3 Å². The van der Waals surface area contributed by atoms with Crippen LogP contribution < -0.4 is 4.74 Å². The molecular weight excluding hydrogens is 293 g/mol. The molecule has 0 radical (unpaired) electrons. The van der Waals surface area contributed by atoms with E-state index in [-0.39, 0.29) is 23.1 Å². The highest BCUT2D eigenvalue weighted by atomic mass is 19.4.